The van der Waals surface area contributed by atoms with E-state index in [-0.39, 0.29) is 18.2 Å². The molecule has 3 rings (SSSR count). The molecule has 7 heteroatoms. The lowest BCUT2D eigenvalue weighted by atomic mass is 10.1. The number of benzene rings is 1. The maximum Gasteiger partial charge on any atom is 0.243 e. The number of aromatic nitrogens is 2. The highest BCUT2D eigenvalue weighted by atomic mass is 79.9. The first-order valence-corrected chi connectivity index (χ1v) is 6.75. The molecule has 0 atom stereocenters. The zero-order valence-electron chi connectivity index (χ0n) is 10.4. The van der Waals surface area contributed by atoms with E-state index in [1.165, 1.54) is 12.4 Å². The number of nitrogens with zero attached hydrogens (tertiary/aromatic N) is 3. The highest BCUT2D eigenvalue weighted by molar-refractivity contribution is 9.10. The summed E-state index contributed by atoms with van der Waals surface area (Å²) in [5, 5.41) is 20.1. The highest BCUT2D eigenvalue weighted by Gasteiger charge is 2.21. The average molecular weight is 335 g/mol. The molecule has 0 spiro atoms. The summed E-state index contributed by atoms with van der Waals surface area (Å²) < 4.78 is 0.901. The van der Waals surface area contributed by atoms with Crippen LogP contribution in [0.15, 0.2) is 35.1 Å². The van der Waals surface area contributed by atoms with E-state index in [1.54, 1.807) is 4.90 Å². The molecule has 2 heterocycles. The van der Waals surface area contributed by atoms with Crippen molar-refractivity contribution in [3.63, 3.8) is 0 Å². The van der Waals surface area contributed by atoms with E-state index in [9.17, 15) is 9.90 Å². The molecule has 1 aliphatic rings. The number of amides is 1. The number of aromatic hydroxyl groups is 1. The second-order valence-corrected chi connectivity index (χ2v) is 5.38. The molecule has 1 aromatic carbocycles. The summed E-state index contributed by atoms with van der Waals surface area (Å²) in [5.74, 6) is -0.133. The topological polar surface area (TPSA) is 78.4 Å². The minimum absolute atomic E-state index is 0.00774. The molecular weight excluding hydrogens is 324 g/mol. The number of fused-ring (bicyclic) bond motifs is 1. The van der Waals surface area contributed by atoms with Crippen molar-refractivity contribution in [1.82, 2.24) is 10.2 Å². The number of halogens is 1. The lowest BCUT2D eigenvalue weighted by Crippen LogP contribution is -2.29. The molecule has 1 amide bonds. The molecule has 1 aliphatic heterocycles. The molecule has 102 valence electrons. The first-order chi connectivity index (χ1) is 9.63. The molecule has 2 aromatic rings. The van der Waals surface area contributed by atoms with E-state index in [1.807, 2.05) is 18.2 Å². The van der Waals surface area contributed by atoms with Gasteiger partial charge in [0.2, 0.25) is 5.91 Å². The fourth-order valence-electron chi connectivity index (χ4n) is 2.15. The summed E-state index contributed by atoms with van der Waals surface area (Å²) >= 11 is 3.38. The number of rotatable bonds is 1. The average Bonchev–Trinajstić information content (AvgIpc) is 2.56. The molecule has 0 saturated carbocycles. The summed E-state index contributed by atoms with van der Waals surface area (Å²) in [6.45, 7) is 0.645. The van der Waals surface area contributed by atoms with Crippen LogP contribution in [-0.4, -0.2) is 27.8 Å². The van der Waals surface area contributed by atoms with Crippen LogP contribution in [0.5, 0.6) is 5.75 Å². The second-order valence-electron chi connectivity index (χ2n) is 4.47. The van der Waals surface area contributed by atoms with Gasteiger partial charge in [-0.15, -0.1) is 0 Å². The van der Waals surface area contributed by atoms with Gasteiger partial charge in [-0.1, -0.05) is 22.0 Å². The third kappa shape index (κ3) is 2.44. The Hall–Kier alpha value is -2.15. The summed E-state index contributed by atoms with van der Waals surface area (Å²) in [4.78, 5) is 13.7. The molecule has 0 bridgehead atoms. The van der Waals surface area contributed by atoms with Crippen molar-refractivity contribution >= 4 is 33.2 Å². The van der Waals surface area contributed by atoms with Crippen LogP contribution in [0.3, 0.4) is 0 Å². The number of carbonyl (C=O) groups is 1. The van der Waals surface area contributed by atoms with Crippen molar-refractivity contribution in [2.24, 2.45) is 0 Å². The molecule has 0 aliphatic carbocycles. The number of carbonyl (C=O) groups excluding carboxylic acids is 1. The van der Waals surface area contributed by atoms with E-state index in [0.717, 1.165) is 15.7 Å². The Morgan fingerprint density at radius 1 is 1.25 bits per heavy atom. The van der Waals surface area contributed by atoms with Crippen LogP contribution >= 0.6 is 15.9 Å². The van der Waals surface area contributed by atoms with Crippen molar-refractivity contribution in [2.45, 2.75) is 6.54 Å². The quantitative estimate of drug-likeness (QED) is 0.832. The van der Waals surface area contributed by atoms with Gasteiger partial charge in [0.05, 0.1) is 18.9 Å². The van der Waals surface area contributed by atoms with Crippen LogP contribution in [0.25, 0.3) is 0 Å². The Labute approximate surface area is 123 Å². The minimum atomic E-state index is -0.141. The Bertz CT molecular complexity index is 677. The first-order valence-electron chi connectivity index (χ1n) is 5.96. The van der Waals surface area contributed by atoms with Crippen LogP contribution < -0.4 is 10.2 Å². The van der Waals surface area contributed by atoms with Gasteiger partial charge >= 0.3 is 0 Å². The second kappa shape index (κ2) is 5.09. The van der Waals surface area contributed by atoms with Crippen molar-refractivity contribution in [1.29, 1.82) is 0 Å². The van der Waals surface area contributed by atoms with Crippen molar-refractivity contribution in [3.05, 3.63) is 40.6 Å². The maximum atomic E-state index is 12.0. The van der Waals surface area contributed by atoms with Gasteiger partial charge in [0.15, 0.2) is 5.75 Å². The molecule has 1 aromatic heterocycles. The number of hydrogen-bond acceptors (Lipinski definition) is 5. The standard InChI is InChI=1S/C13H11BrN4O2/c14-9-2-1-8-6-18(7-13(20)17-10(8)3-9)11-4-15-16-5-12(11)19/h1-5H,6-7H2,(H,15,19)(H,17,20). The van der Waals surface area contributed by atoms with Gasteiger partial charge in [0.1, 0.15) is 5.69 Å². The number of hydrogen-bond donors (Lipinski definition) is 2. The van der Waals surface area contributed by atoms with Gasteiger partial charge in [-0.25, -0.2) is 0 Å². The maximum absolute atomic E-state index is 12.0. The Kier molecular flexibility index (Phi) is 3.27. The zero-order valence-corrected chi connectivity index (χ0v) is 12.0. The Morgan fingerprint density at radius 3 is 2.85 bits per heavy atom. The predicted molar refractivity (Wildman–Crippen MR) is 77.5 cm³/mol. The molecule has 20 heavy (non-hydrogen) atoms. The molecular formula is C13H11BrN4O2. The van der Waals surface area contributed by atoms with E-state index >= 15 is 0 Å². The summed E-state index contributed by atoms with van der Waals surface area (Å²) in [6.07, 6.45) is 2.72. The summed E-state index contributed by atoms with van der Waals surface area (Å²) in [5.41, 5.74) is 2.23. The smallest absolute Gasteiger partial charge is 0.243 e. The van der Waals surface area contributed by atoms with Crippen LogP contribution in [0.4, 0.5) is 11.4 Å². The first kappa shape index (κ1) is 12.9. The lowest BCUT2D eigenvalue weighted by Gasteiger charge is -2.21. The normalized spacial score (nSPS) is 14.4. The third-order valence-corrected chi connectivity index (χ3v) is 3.56. The van der Waals surface area contributed by atoms with Crippen LogP contribution in [-0.2, 0) is 11.3 Å². The van der Waals surface area contributed by atoms with Crippen LogP contribution in [0.1, 0.15) is 5.56 Å². The molecule has 0 saturated heterocycles. The fraction of sp³-hybridized carbons (Fsp3) is 0.154. The Balaban J connectivity index is 2.01. The molecule has 0 fully saturated rings. The molecule has 0 unspecified atom stereocenters. The summed E-state index contributed by atoms with van der Waals surface area (Å²) in [7, 11) is 0. The van der Waals surface area contributed by atoms with Crippen LogP contribution in [0.2, 0.25) is 0 Å². The van der Waals surface area contributed by atoms with Gasteiger partial charge in [-0.3, -0.25) is 4.79 Å². The van der Waals surface area contributed by atoms with E-state index in [0.29, 0.717) is 12.2 Å². The molecule has 0 radical (unpaired) electrons. The van der Waals surface area contributed by atoms with Crippen molar-refractivity contribution in [3.8, 4) is 5.75 Å². The molecule has 6 nitrogen and oxygen atoms in total. The largest absolute Gasteiger partial charge is 0.504 e. The van der Waals surface area contributed by atoms with Gasteiger partial charge in [0, 0.05) is 16.7 Å². The Morgan fingerprint density at radius 2 is 2.05 bits per heavy atom. The van der Waals surface area contributed by atoms with Crippen molar-refractivity contribution in [2.75, 3.05) is 16.8 Å². The SMILES string of the molecule is O=C1CN(c2cnncc2O)Cc2ccc(Br)cc2N1. The fourth-order valence-corrected chi connectivity index (χ4v) is 2.51. The summed E-state index contributed by atoms with van der Waals surface area (Å²) in [6, 6.07) is 5.71. The highest BCUT2D eigenvalue weighted by Crippen LogP contribution is 2.30. The van der Waals surface area contributed by atoms with Gasteiger partial charge in [-0.05, 0) is 17.7 Å². The van der Waals surface area contributed by atoms with Crippen molar-refractivity contribution < 1.29 is 9.90 Å². The lowest BCUT2D eigenvalue weighted by molar-refractivity contribution is -0.114. The number of anilines is 2. The van der Waals surface area contributed by atoms with Gasteiger partial charge < -0.3 is 15.3 Å². The van der Waals surface area contributed by atoms with Crippen LogP contribution in [0, 0.1) is 0 Å². The van der Waals surface area contributed by atoms with E-state index < -0.39 is 0 Å². The molecule has 2 N–H and O–H groups in total. The van der Waals surface area contributed by atoms with Gasteiger partial charge in [-0.2, -0.15) is 10.2 Å². The van der Waals surface area contributed by atoms with E-state index in [2.05, 4.69) is 31.4 Å². The van der Waals surface area contributed by atoms with Gasteiger partial charge in [0.25, 0.3) is 0 Å². The minimum Gasteiger partial charge on any atom is -0.504 e. The number of nitrogens with one attached hydrogen (secondary N) is 1. The predicted octanol–water partition coefficient (Wildman–Crippen LogP) is 1.90. The third-order valence-electron chi connectivity index (χ3n) is 3.07. The zero-order chi connectivity index (χ0) is 14.1. The van der Waals surface area contributed by atoms with E-state index in [4.69, 9.17) is 0 Å². The monoisotopic (exact) mass is 334 g/mol.